The summed E-state index contributed by atoms with van der Waals surface area (Å²) >= 11 is 0. The molecule has 0 saturated carbocycles. The van der Waals surface area contributed by atoms with E-state index in [1.165, 1.54) is 11.1 Å². The van der Waals surface area contributed by atoms with Gasteiger partial charge in [-0.2, -0.15) is 0 Å². The lowest BCUT2D eigenvalue weighted by Gasteiger charge is -2.43. The number of rotatable bonds is 2. The fourth-order valence-electron chi connectivity index (χ4n) is 3.02. The Labute approximate surface area is 107 Å². The second kappa shape index (κ2) is 4.28. The van der Waals surface area contributed by atoms with Crippen molar-refractivity contribution in [3.05, 3.63) is 35.4 Å². The number of nitrogens with zero attached hydrogens (tertiary/aromatic N) is 2. The molecule has 0 bridgehead atoms. The van der Waals surface area contributed by atoms with Crippen LogP contribution < -0.4 is 5.73 Å². The van der Waals surface area contributed by atoms with Crippen molar-refractivity contribution in [1.82, 2.24) is 4.90 Å². The summed E-state index contributed by atoms with van der Waals surface area (Å²) in [5.41, 5.74) is 8.46. The molecule has 0 amide bonds. The lowest BCUT2D eigenvalue weighted by Crippen LogP contribution is -2.54. The van der Waals surface area contributed by atoms with Crippen LogP contribution in [0.5, 0.6) is 0 Å². The van der Waals surface area contributed by atoms with E-state index in [0.29, 0.717) is 25.7 Å². The van der Waals surface area contributed by atoms with Gasteiger partial charge in [0.25, 0.3) is 0 Å². The quantitative estimate of drug-likeness (QED) is 0.858. The van der Waals surface area contributed by atoms with Crippen LogP contribution in [0.1, 0.15) is 24.5 Å². The minimum Gasteiger partial charge on any atom is -0.374 e. The zero-order valence-corrected chi connectivity index (χ0v) is 10.7. The van der Waals surface area contributed by atoms with Crippen molar-refractivity contribution < 1.29 is 4.74 Å². The number of nitrogens with two attached hydrogens (primary N) is 1. The van der Waals surface area contributed by atoms with Gasteiger partial charge in [-0.05, 0) is 17.5 Å². The summed E-state index contributed by atoms with van der Waals surface area (Å²) in [6.45, 7) is 5.16. The van der Waals surface area contributed by atoms with E-state index in [2.05, 4.69) is 41.1 Å². The maximum atomic E-state index is 6.05. The van der Waals surface area contributed by atoms with Gasteiger partial charge >= 0.3 is 0 Å². The number of hydrogen-bond acceptors (Lipinski definition) is 4. The number of guanidine groups is 1. The number of ether oxygens (including phenoxy) is 1. The van der Waals surface area contributed by atoms with Crippen LogP contribution in [0.3, 0.4) is 0 Å². The molecule has 1 aromatic carbocycles. The van der Waals surface area contributed by atoms with Crippen LogP contribution in [-0.2, 0) is 16.9 Å². The second-order valence-corrected chi connectivity index (χ2v) is 5.01. The Morgan fingerprint density at radius 3 is 3.11 bits per heavy atom. The molecule has 1 unspecified atom stereocenters. The summed E-state index contributed by atoms with van der Waals surface area (Å²) in [5.74, 6) is 0.650. The van der Waals surface area contributed by atoms with Gasteiger partial charge in [-0.25, -0.2) is 0 Å². The van der Waals surface area contributed by atoms with E-state index in [-0.39, 0.29) is 5.54 Å². The van der Waals surface area contributed by atoms with Gasteiger partial charge in [-0.3, -0.25) is 4.99 Å². The molecule has 0 aliphatic carbocycles. The Morgan fingerprint density at radius 1 is 1.44 bits per heavy atom. The molecule has 4 nitrogen and oxygen atoms in total. The number of benzene rings is 1. The van der Waals surface area contributed by atoms with Crippen LogP contribution in [0, 0.1) is 0 Å². The normalized spacial score (nSPS) is 26.3. The topological polar surface area (TPSA) is 50.8 Å². The third-order valence-corrected chi connectivity index (χ3v) is 3.86. The van der Waals surface area contributed by atoms with Gasteiger partial charge in [0.15, 0.2) is 5.96 Å². The van der Waals surface area contributed by atoms with E-state index in [0.717, 1.165) is 13.0 Å². The fourth-order valence-corrected chi connectivity index (χ4v) is 3.02. The zero-order valence-electron chi connectivity index (χ0n) is 10.7. The van der Waals surface area contributed by atoms with Crippen molar-refractivity contribution in [2.24, 2.45) is 10.7 Å². The molecule has 3 rings (SSSR count). The molecule has 2 N–H and O–H groups in total. The largest absolute Gasteiger partial charge is 0.374 e. The van der Waals surface area contributed by atoms with Crippen LogP contribution in [-0.4, -0.2) is 30.6 Å². The van der Waals surface area contributed by atoms with Crippen LogP contribution in [0.15, 0.2) is 29.3 Å². The molecule has 18 heavy (non-hydrogen) atoms. The van der Waals surface area contributed by atoms with E-state index in [1.807, 2.05) is 0 Å². The summed E-state index contributed by atoms with van der Waals surface area (Å²) in [5, 5.41) is 0. The molecule has 0 radical (unpaired) electrons. The maximum Gasteiger partial charge on any atom is 0.192 e. The van der Waals surface area contributed by atoms with Gasteiger partial charge in [0.05, 0.1) is 19.8 Å². The van der Waals surface area contributed by atoms with Gasteiger partial charge in [-0.15, -0.1) is 0 Å². The molecule has 96 valence electrons. The maximum absolute atomic E-state index is 6.05. The molecular formula is C14H19N3O. The van der Waals surface area contributed by atoms with Gasteiger partial charge in [0.1, 0.15) is 5.54 Å². The molecule has 1 atom stereocenters. The molecular weight excluding hydrogens is 226 g/mol. The molecule has 4 heteroatoms. The summed E-state index contributed by atoms with van der Waals surface area (Å²) < 4.78 is 5.79. The molecule has 0 aromatic heterocycles. The van der Waals surface area contributed by atoms with E-state index in [9.17, 15) is 0 Å². The predicted octanol–water partition coefficient (Wildman–Crippen LogP) is 1.45. The van der Waals surface area contributed by atoms with Gasteiger partial charge in [0.2, 0.25) is 0 Å². The summed E-state index contributed by atoms with van der Waals surface area (Å²) in [6.07, 6.45) is 1.06. The SMILES string of the molecule is CCCN1C(N)=NCC12COCc1ccccc12. The van der Waals surface area contributed by atoms with E-state index in [4.69, 9.17) is 10.5 Å². The van der Waals surface area contributed by atoms with Crippen molar-refractivity contribution in [3.8, 4) is 0 Å². The number of fused-ring (bicyclic) bond motifs is 2. The first-order valence-corrected chi connectivity index (χ1v) is 6.51. The second-order valence-electron chi connectivity index (χ2n) is 5.01. The summed E-state index contributed by atoms with van der Waals surface area (Å²) in [7, 11) is 0. The van der Waals surface area contributed by atoms with E-state index >= 15 is 0 Å². The first-order chi connectivity index (χ1) is 8.78. The molecule has 2 heterocycles. The van der Waals surface area contributed by atoms with Crippen molar-refractivity contribution in [1.29, 1.82) is 0 Å². The third kappa shape index (κ3) is 1.52. The average Bonchev–Trinajstić information content (AvgIpc) is 2.70. The van der Waals surface area contributed by atoms with Crippen LogP contribution in [0.4, 0.5) is 0 Å². The average molecular weight is 245 g/mol. The molecule has 1 aromatic rings. The molecule has 0 fully saturated rings. The zero-order chi connectivity index (χ0) is 12.6. The van der Waals surface area contributed by atoms with Gasteiger partial charge in [0, 0.05) is 6.54 Å². The minimum atomic E-state index is -0.172. The van der Waals surface area contributed by atoms with Crippen LogP contribution >= 0.6 is 0 Å². The lowest BCUT2D eigenvalue weighted by molar-refractivity contribution is 0.00601. The summed E-state index contributed by atoms with van der Waals surface area (Å²) in [4.78, 5) is 6.67. The Kier molecular flexibility index (Phi) is 2.74. The molecule has 2 aliphatic rings. The Morgan fingerprint density at radius 2 is 2.28 bits per heavy atom. The van der Waals surface area contributed by atoms with Crippen molar-refractivity contribution in [3.63, 3.8) is 0 Å². The third-order valence-electron chi connectivity index (χ3n) is 3.86. The number of aliphatic imine (C=N–C) groups is 1. The fraction of sp³-hybridized carbons (Fsp3) is 0.500. The minimum absolute atomic E-state index is 0.172. The Bertz CT molecular complexity index is 486. The van der Waals surface area contributed by atoms with Gasteiger partial charge in [-0.1, -0.05) is 31.2 Å². The summed E-state index contributed by atoms with van der Waals surface area (Å²) in [6, 6.07) is 8.47. The first kappa shape index (κ1) is 11.5. The molecule has 0 saturated heterocycles. The first-order valence-electron chi connectivity index (χ1n) is 6.51. The van der Waals surface area contributed by atoms with Crippen LogP contribution in [0.2, 0.25) is 0 Å². The molecule has 1 spiro atoms. The van der Waals surface area contributed by atoms with E-state index in [1.54, 1.807) is 0 Å². The highest BCUT2D eigenvalue weighted by Gasteiger charge is 2.46. The monoisotopic (exact) mass is 245 g/mol. The van der Waals surface area contributed by atoms with Crippen molar-refractivity contribution in [2.45, 2.75) is 25.5 Å². The molecule has 2 aliphatic heterocycles. The standard InChI is InChI=1S/C14H19N3O/c1-2-7-17-13(15)16-9-14(17)10-18-8-11-5-3-4-6-12(11)14/h3-6H,2,7-10H2,1H3,(H2,15,16). The van der Waals surface area contributed by atoms with Crippen LogP contribution in [0.25, 0.3) is 0 Å². The highest BCUT2D eigenvalue weighted by molar-refractivity contribution is 5.81. The number of hydrogen-bond donors (Lipinski definition) is 1. The van der Waals surface area contributed by atoms with Crippen molar-refractivity contribution in [2.75, 3.05) is 19.7 Å². The Balaban J connectivity index is 2.06. The smallest absolute Gasteiger partial charge is 0.192 e. The van der Waals surface area contributed by atoms with Gasteiger partial charge < -0.3 is 15.4 Å². The van der Waals surface area contributed by atoms with E-state index < -0.39 is 0 Å². The van der Waals surface area contributed by atoms with Crippen molar-refractivity contribution >= 4 is 5.96 Å². The predicted molar refractivity (Wildman–Crippen MR) is 71.3 cm³/mol. The lowest BCUT2D eigenvalue weighted by atomic mass is 9.84. The highest BCUT2D eigenvalue weighted by Crippen LogP contribution is 2.38. The highest BCUT2D eigenvalue weighted by atomic mass is 16.5. The Hall–Kier alpha value is -1.55.